The summed E-state index contributed by atoms with van der Waals surface area (Å²) < 4.78 is 10.6. The molecule has 0 aliphatic heterocycles. The van der Waals surface area contributed by atoms with Crippen molar-refractivity contribution in [1.82, 2.24) is 10.3 Å². The number of benzene rings is 2. The van der Waals surface area contributed by atoms with Gasteiger partial charge >= 0.3 is 0 Å². The Morgan fingerprint density at radius 1 is 1.25 bits per heavy atom. The normalized spacial score (nSPS) is 11.8. The predicted molar refractivity (Wildman–Crippen MR) is 104 cm³/mol. The van der Waals surface area contributed by atoms with Crippen LogP contribution < -0.4 is 15.8 Å². The van der Waals surface area contributed by atoms with Crippen molar-refractivity contribution < 1.29 is 19.1 Å². The fraction of sp³-hybridized carbons (Fsp3) is 0.238. The molecule has 2 aromatic carbocycles. The van der Waals surface area contributed by atoms with E-state index in [-0.39, 0.29) is 17.4 Å². The second kappa shape index (κ2) is 9.05. The van der Waals surface area contributed by atoms with Crippen molar-refractivity contribution in [1.29, 1.82) is 0 Å². The third-order valence-corrected chi connectivity index (χ3v) is 4.30. The summed E-state index contributed by atoms with van der Waals surface area (Å²) in [5, 5.41) is 12.2. The Hall–Kier alpha value is -3.32. The van der Waals surface area contributed by atoms with Gasteiger partial charge in [-0.25, -0.2) is 4.98 Å². The zero-order chi connectivity index (χ0) is 19.9. The molecule has 4 N–H and O–H groups in total. The van der Waals surface area contributed by atoms with Crippen molar-refractivity contribution in [2.45, 2.75) is 18.9 Å². The zero-order valence-corrected chi connectivity index (χ0v) is 15.6. The number of ether oxygens (including phenoxy) is 1. The Kier molecular flexibility index (Phi) is 6.29. The first-order valence-corrected chi connectivity index (χ1v) is 8.95. The molecule has 7 heteroatoms. The highest BCUT2D eigenvalue weighted by atomic mass is 16.5. The first-order chi connectivity index (χ1) is 13.5. The maximum Gasteiger partial charge on any atom is 0.273 e. The quantitative estimate of drug-likeness (QED) is 0.553. The fourth-order valence-electron chi connectivity index (χ4n) is 2.77. The van der Waals surface area contributed by atoms with E-state index >= 15 is 0 Å². The van der Waals surface area contributed by atoms with Crippen LogP contribution in [0.25, 0.3) is 0 Å². The van der Waals surface area contributed by atoms with Crippen molar-refractivity contribution in [2.75, 3.05) is 13.7 Å². The lowest BCUT2D eigenvalue weighted by atomic mass is 10.1. The molecule has 0 saturated carbocycles. The largest absolute Gasteiger partial charge is 0.508 e. The topological polar surface area (TPSA) is 111 Å². The van der Waals surface area contributed by atoms with Crippen LogP contribution in [-0.2, 0) is 12.8 Å². The molecule has 0 bridgehead atoms. The molecule has 0 aliphatic rings. The van der Waals surface area contributed by atoms with Crippen molar-refractivity contribution in [3.05, 3.63) is 77.5 Å². The SMILES string of the molecule is COc1cccc(CCNC(=O)c2coc(C(N)Cc3ccc(O)cc3)n2)c1. The molecule has 3 aromatic rings. The minimum Gasteiger partial charge on any atom is -0.508 e. The summed E-state index contributed by atoms with van der Waals surface area (Å²) in [4.78, 5) is 16.5. The third-order valence-electron chi connectivity index (χ3n) is 4.30. The maximum atomic E-state index is 12.3. The molecule has 7 nitrogen and oxygen atoms in total. The van der Waals surface area contributed by atoms with E-state index in [4.69, 9.17) is 14.9 Å². The van der Waals surface area contributed by atoms with Crippen molar-refractivity contribution in [3.8, 4) is 11.5 Å². The number of phenols is 1. The smallest absolute Gasteiger partial charge is 0.273 e. The van der Waals surface area contributed by atoms with Crippen LogP contribution in [0.15, 0.2) is 59.2 Å². The molecule has 0 fully saturated rings. The van der Waals surface area contributed by atoms with E-state index in [0.29, 0.717) is 25.3 Å². The van der Waals surface area contributed by atoms with Gasteiger partial charge in [0, 0.05) is 6.54 Å². The summed E-state index contributed by atoms with van der Waals surface area (Å²) in [6.07, 6.45) is 2.47. The summed E-state index contributed by atoms with van der Waals surface area (Å²) in [5.74, 6) is 0.967. The molecule has 1 atom stereocenters. The van der Waals surface area contributed by atoms with Gasteiger partial charge in [-0.1, -0.05) is 24.3 Å². The number of aromatic hydroxyl groups is 1. The van der Waals surface area contributed by atoms with Gasteiger partial charge in [0.15, 0.2) is 5.69 Å². The third kappa shape index (κ3) is 5.11. The Balaban J connectivity index is 1.52. The second-order valence-corrected chi connectivity index (χ2v) is 6.41. The van der Waals surface area contributed by atoms with Gasteiger partial charge in [0.1, 0.15) is 17.8 Å². The molecule has 1 amide bonds. The van der Waals surface area contributed by atoms with Gasteiger partial charge in [-0.05, 0) is 48.2 Å². The number of oxazole rings is 1. The van der Waals surface area contributed by atoms with Crippen LogP contribution >= 0.6 is 0 Å². The average molecular weight is 381 g/mol. The summed E-state index contributed by atoms with van der Waals surface area (Å²) in [6.45, 7) is 0.466. The van der Waals surface area contributed by atoms with E-state index < -0.39 is 6.04 Å². The highest BCUT2D eigenvalue weighted by Gasteiger charge is 2.17. The first kappa shape index (κ1) is 19.4. The van der Waals surface area contributed by atoms with E-state index in [0.717, 1.165) is 16.9 Å². The predicted octanol–water partition coefficient (Wildman–Crippen LogP) is 2.60. The van der Waals surface area contributed by atoms with Crippen LogP contribution in [0.3, 0.4) is 0 Å². The molecule has 146 valence electrons. The van der Waals surface area contributed by atoms with Crippen LogP contribution in [0.5, 0.6) is 11.5 Å². The van der Waals surface area contributed by atoms with Crippen LogP contribution in [0, 0.1) is 0 Å². The standard InChI is InChI=1S/C21H23N3O4/c1-27-17-4-2-3-14(11-17)9-10-23-20(26)19-13-28-21(24-19)18(22)12-15-5-7-16(25)8-6-15/h2-8,11,13,18,25H,9-10,12,22H2,1H3,(H,23,26). The molecule has 0 aliphatic carbocycles. The summed E-state index contributed by atoms with van der Waals surface area (Å²) in [7, 11) is 1.62. The number of nitrogens with one attached hydrogen (secondary N) is 1. The zero-order valence-electron chi connectivity index (χ0n) is 15.6. The molecule has 0 radical (unpaired) electrons. The Labute approximate surface area is 163 Å². The maximum absolute atomic E-state index is 12.3. The fourth-order valence-corrected chi connectivity index (χ4v) is 2.77. The second-order valence-electron chi connectivity index (χ2n) is 6.41. The van der Waals surface area contributed by atoms with Crippen LogP contribution in [0.2, 0.25) is 0 Å². The molecule has 0 saturated heterocycles. The van der Waals surface area contributed by atoms with Crippen LogP contribution in [-0.4, -0.2) is 29.7 Å². The molecule has 0 spiro atoms. The monoisotopic (exact) mass is 381 g/mol. The number of methoxy groups -OCH3 is 1. The number of rotatable bonds is 8. The minimum absolute atomic E-state index is 0.196. The van der Waals surface area contributed by atoms with E-state index in [1.807, 2.05) is 24.3 Å². The molecule has 28 heavy (non-hydrogen) atoms. The van der Waals surface area contributed by atoms with Gasteiger partial charge in [-0.3, -0.25) is 4.79 Å². The molecular weight excluding hydrogens is 358 g/mol. The highest BCUT2D eigenvalue weighted by Crippen LogP contribution is 2.18. The van der Waals surface area contributed by atoms with Gasteiger partial charge in [-0.15, -0.1) is 0 Å². The lowest BCUT2D eigenvalue weighted by molar-refractivity contribution is 0.0949. The Morgan fingerprint density at radius 3 is 2.79 bits per heavy atom. The van der Waals surface area contributed by atoms with Gasteiger partial charge < -0.3 is 25.3 Å². The number of phenolic OH excluding ortho intramolecular Hbond substituents is 1. The lowest BCUT2D eigenvalue weighted by Gasteiger charge is -2.07. The van der Waals surface area contributed by atoms with E-state index in [2.05, 4.69) is 10.3 Å². The van der Waals surface area contributed by atoms with Crippen molar-refractivity contribution in [3.63, 3.8) is 0 Å². The Bertz CT molecular complexity index is 921. The lowest BCUT2D eigenvalue weighted by Crippen LogP contribution is -2.26. The van der Waals surface area contributed by atoms with Gasteiger partial charge in [0.05, 0.1) is 13.2 Å². The van der Waals surface area contributed by atoms with Crippen LogP contribution in [0.4, 0.5) is 0 Å². The number of amides is 1. The summed E-state index contributed by atoms with van der Waals surface area (Å²) in [6, 6.07) is 14.0. The molecule has 1 aromatic heterocycles. The van der Waals surface area contributed by atoms with Gasteiger partial charge in [0.2, 0.25) is 5.89 Å². The highest BCUT2D eigenvalue weighted by molar-refractivity contribution is 5.91. The summed E-state index contributed by atoms with van der Waals surface area (Å²) in [5.41, 5.74) is 8.32. The number of hydrogen-bond acceptors (Lipinski definition) is 6. The van der Waals surface area contributed by atoms with E-state index in [1.165, 1.54) is 6.26 Å². The molecular formula is C21H23N3O4. The number of nitrogens with two attached hydrogens (primary N) is 1. The number of carbonyl (C=O) groups is 1. The number of carbonyl (C=O) groups excluding carboxylic acids is 1. The average Bonchev–Trinajstić information content (AvgIpc) is 3.20. The minimum atomic E-state index is -0.483. The number of nitrogens with zero attached hydrogens (tertiary/aromatic N) is 1. The molecule has 1 unspecified atom stereocenters. The van der Waals surface area contributed by atoms with Gasteiger partial charge in [-0.2, -0.15) is 0 Å². The van der Waals surface area contributed by atoms with E-state index in [9.17, 15) is 9.90 Å². The molecule has 3 rings (SSSR count). The van der Waals surface area contributed by atoms with Crippen molar-refractivity contribution >= 4 is 5.91 Å². The Morgan fingerprint density at radius 2 is 2.04 bits per heavy atom. The van der Waals surface area contributed by atoms with Gasteiger partial charge in [0.25, 0.3) is 5.91 Å². The van der Waals surface area contributed by atoms with Crippen LogP contribution in [0.1, 0.15) is 33.5 Å². The number of hydrogen-bond donors (Lipinski definition) is 3. The first-order valence-electron chi connectivity index (χ1n) is 8.95. The van der Waals surface area contributed by atoms with Crippen molar-refractivity contribution in [2.24, 2.45) is 5.73 Å². The summed E-state index contributed by atoms with van der Waals surface area (Å²) >= 11 is 0. The number of aromatic nitrogens is 1. The van der Waals surface area contributed by atoms with E-state index in [1.54, 1.807) is 31.4 Å². The molecule has 1 heterocycles.